The van der Waals surface area contributed by atoms with Crippen molar-refractivity contribution in [1.82, 2.24) is 15.5 Å². The third kappa shape index (κ3) is 14.0. The van der Waals surface area contributed by atoms with Crippen molar-refractivity contribution in [2.75, 3.05) is 39.4 Å². The highest BCUT2D eigenvalue weighted by Gasteiger charge is 2.59. The van der Waals surface area contributed by atoms with Crippen LogP contribution in [0, 0.1) is 51.7 Å². The molecule has 2 amide bonds. The van der Waals surface area contributed by atoms with Crippen LogP contribution in [0.15, 0.2) is 11.6 Å². The second-order valence-corrected chi connectivity index (χ2v) is 21.5. The van der Waals surface area contributed by atoms with Gasteiger partial charge in [0.05, 0.1) is 0 Å². The second-order valence-electron chi connectivity index (χ2n) is 21.5. The Hall–Kier alpha value is -2.49. The molecular formula is C48H86N4O6. The van der Waals surface area contributed by atoms with Crippen LogP contribution in [-0.4, -0.2) is 79.8 Å². The van der Waals surface area contributed by atoms with Crippen LogP contribution in [0.25, 0.3) is 0 Å². The molecule has 334 valence electrons. The molecule has 4 aliphatic carbocycles. The SMILES string of the molecule is CC(C)CCC[C@@H](C)[C@H]1CC[C@H]2[C@@H]3CC=C4C[C@@H](OC(=O)N(CCCCOCCCNC(=N)OC(C)(C)C)CCCNC(=O)OC(C)(C)C)CC[C@]4(C)[C@H]3CC[C@]12C. The molecule has 0 aromatic carbocycles. The first-order valence-electron chi connectivity index (χ1n) is 23.4. The molecule has 4 rings (SSSR count). The molecule has 3 saturated carbocycles. The molecule has 3 N–H and O–H groups in total. The molecule has 0 bridgehead atoms. The number of ether oxygens (including phenoxy) is 4. The van der Waals surface area contributed by atoms with Crippen molar-refractivity contribution in [1.29, 1.82) is 5.41 Å². The van der Waals surface area contributed by atoms with E-state index in [9.17, 15) is 9.59 Å². The van der Waals surface area contributed by atoms with Gasteiger partial charge >= 0.3 is 12.2 Å². The van der Waals surface area contributed by atoms with Crippen LogP contribution in [0.4, 0.5) is 9.59 Å². The summed E-state index contributed by atoms with van der Waals surface area (Å²) in [5, 5.41) is 13.7. The number of unbranched alkanes of at least 4 members (excludes halogenated alkanes) is 1. The molecule has 0 saturated heterocycles. The van der Waals surface area contributed by atoms with Crippen molar-refractivity contribution in [2.45, 2.75) is 190 Å². The lowest BCUT2D eigenvalue weighted by Gasteiger charge is -2.58. The van der Waals surface area contributed by atoms with Gasteiger partial charge in [0.15, 0.2) is 0 Å². The Morgan fingerprint density at radius 2 is 1.52 bits per heavy atom. The second kappa shape index (κ2) is 21.3. The van der Waals surface area contributed by atoms with Gasteiger partial charge in [-0.15, -0.1) is 0 Å². The normalized spacial score (nSPS) is 28.7. The number of alkyl carbamates (subject to hydrolysis) is 1. The van der Waals surface area contributed by atoms with Crippen molar-refractivity contribution in [2.24, 2.45) is 46.3 Å². The van der Waals surface area contributed by atoms with Gasteiger partial charge in [0.1, 0.15) is 17.3 Å². The first kappa shape index (κ1) is 48.2. The number of hydrogen-bond donors (Lipinski definition) is 3. The summed E-state index contributed by atoms with van der Waals surface area (Å²) in [6.07, 6.45) is 18.5. The quantitative estimate of drug-likeness (QED) is 0.0513. The van der Waals surface area contributed by atoms with Crippen LogP contribution < -0.4 is 10.6 Å². The number of carbonyl (C=O) groups excluding carboxylic acids is 2. The Balaban J connectivity index is 1.27. The molecule has 0 heterocycles. The smallest absolute Gasteiger partial charge is 0.410 e. The Labute approximate surface area is 354 Å². The van der Waals surface area contributed by atoms with Crippen LogP contribution >= 0.6 is 0 Å². The van der Waals surface area contributed by atoms with E-state index in [0.29, 0.717) is 51.2 Å². The van der Waals surface area contributed by atoms with E-state index in [2.05, 4.69) is 51.3 Å². The third-order valence-corrected chi connectivity index (χ3v) is 14.2. The number of rotatable bonds is 19. The lowest BCUT2D eigenvalue weighted by Crippen LogP contribution is -2.51. The molecule has 0 spiro atoms. The molecule has 10 heteroatoms. The van der Waals surface area contributed by atoms with Gasteiger partial charge in [-0.1, -0.05) is 65.5 Å². The van der Waals surface area contributed by atoms with E-state index in [1.165, 1.54) is 56.9 Å². The van der Waals surface area contributed by atoms with E-state index >= 15 is 0 Å². The number of amides is 2. The van der Waals surface area contributed by atoms with E-state index in [1.807, 2.05) is 46.4 Å². The highest BCUT2D eigenvalue weighted by molar-refractivity contribution is 5.70. The van der Waals surface area contributed by atoms with E-state index < -0.39 is 17.3 Å². The fourth-order valence-electron chi connectivity index (χ4n) is 11.4. The van der Waals surface area contributed by atoms with E-state index in [0.717, 1.165) is 74.0 Å². The Morgan fingerprint density at radius 1 is 0.828 bits per heavy atom. The van der Waals surface area contributed by atoms with Gasteiger partial charge in [0.25, 0.3) is 6.02 Å². The van der Waals surface area contributed by atoms with Gasteiger partial charge < -0.3 is 34.5 Å². The fourth-order valence-corrected chi connectivity index (χ4v) is 11.4. The maximum Gasteiger partial charge on any atom is 0.410 e. The molecular weight excluding hydrogens is 729 g/mol. The van der Waals surface area contributed by atoms with Gasteiger partial charge in [-0.2, -0.15) is 0 Å². The monoisotopic (exact) mass is 815 g/mol. The number of nitrogens with zero attached hydrogens (tertiary/aromatic N) is 1. The summed E-state index contributed by atoms with van der Waals surface area (Å²) in [6.45, 7) is 27.1. The number of fused-ring (bicyclic) bond motifs is 5. The van der Waals surface area contributed by atoms with Gasteiger partial charge in [-0.3, -0.25) is 5.41 Å². The Morgan fingerprint density at radius 3 is 2.22 bits per heavy atom. The zero-order valence-electron chi connectivity index (χ0n) is 38.9. The summed E-state index contributed by atoms with van der Waals surface area (Å²) in [5.74, 6) is 4.85. The topological polar surface area (TPSA) is 122 Å². The minimum Gasteiger partial charge on any atom is -0.460 e. The molecule has 0 aromatic rings. The predicted molar refractivity (Wildman–Crippen MR) is 235 cm³/mol. The van der Waals surface area contributed by atoms with Crippen LogP contribution in [0.2, 0.25) is 0 Å². The summed E-state index contributed by atoms with van der Waals surface area (Å²) in [7, 11) is 0. The third-order valence-electron chi connectivity index (χ3n) is 14.2. The molecule has 10 nitrogen and oxygen atoms in total. The first-order chi connectivity index (χ1) is 27.2. The highest BCUT2D eigenvalue weighted by Crippen LogP contribution is 2.67. The molecule has 58 heavy (non-hydrogen) atoms. The highest BCUT2D eigenvalue weighted by atomic mass is 16.6. The lowest BCUT2D eigenvalue weighted by molar-refractivity contribution is -0.0593. The average Bonchev–Trinajstić information content (AvgIpc) is 3.47. The van der Waals surface area contributed by atoms with Crippen molar-refractivity contribution in [3.8, 4) is 0 Å². The summed E-state index contributed by atoms with van der Waals surface area (Å²) in [4.78, 5) is 27.9. The largest absolute Gasteiger partial charge is 0.460 e. The minimum atomic E-state index is -0.560. The molecule has 0 unspecified atom stereocenters. The fraction of sp³-hybridized carbons (Fsp3) is 0.896. The van der Waals surface area contributed by atoms with Crippen LogP contribution in [0.3, 0.4) is 0 Å². The Kier molecular flexibility index (Phi) is 17.7. The first-order valence-corrected chi connectivity index (χ1v) is 23.4. The summed E-state index contributed by atoms with van der Waals surface area (Å²) >= 11 is 0. The number of allylic oxidation sites excluding steroid dienone is 1. The molecule has 0 aliphatic heterocycles. The summed E-state index contributed by atoms with van der Waals surface area (Å²) in [6, 6.07) is 0.0821. The molecule has 3 fully saturated rings. The molecule has 4 aliphatic rings. The number of amidine groups is 1. The van der Waals surface area contributed by atoms with Gasteiger partial charge in [0.2, 0.25) is 0 Å². The van der Waals surface area contributed by atoms with Crippen molar-refractivity contribution < 1.29 is 28.5 Å². The number of hydrogen-bond acceptors (Lipinski definition) is 7. The van der Waals surface area contributed by atoms with Gasteiger partial charge in [0, 0.05) is 45.8 Å². The molecule has 8 atom stereocenters. The number of carbonyl (C=O) groups is 2. The standard InChI is InChI=1S/C48H86N4O6/c1-34(2)17-14-18-35(3)39-21-22-40-38-20-19-36-33-37(23-25-47(36,10)41(38)24-26-48(39,40)11)56-44(54)52(30-15-27-51-43(53)58-46(7,8)9)29-12-13-31-55-32-16-28-50-42(49)57-45(4,5)6/h19,34-35,37-41H,12-18,20-33H2,1-11H3,(H2,49,50)(H,51,53)/t35-,37+,38+,39-,40+,41+,47+,48-/m1/s1. The maximum atomic E-state index is 13.8. The molecule has 0 radical (unpaired) electrons. The van der Waals surface area contributed by atoms with E-state index in [1.54, 1.807) is 0 Å². The van der Waals surface area contributed by atoms with Crippen LogP contribution in [0.5, 0.6) is 0 Å². The van der Waals surface area contributed by atoms with Crippen molar-refractivity contribution >= 4 is 18.2 Å². The van der Waals surface area contributed by atoms with E-state index in [-0.39, 0.29) is 23.6 Å². The lowest BCUT2D eigenvalue weighted by atomic mass is 9.47. The summed E-state index contributed by atoms with van der Waals surface area (Å²) < 4.78 is 23.1. The maximum absolute atomic E-state index is 13.8. The molecule has 0 aromatic heterocycles. The average molecular weight is 815 g/mol. The number of nitrogens with one attached hydrogen (secondary N) is 3. The zero-order valence-corrected chi connectivity index (χ0v) is 38.9. The van der Waals surface area contributed by atoms with Gasteiger partial charge in [-0.25, -0.2) is 9.59 Å². The van der Waals surface area contributed by atoms with Gasteiger partial charge in [-0.05, 0) is 159 Å². The van der Waals surface area contributed by atoms with E-state index in [4.69, 9.17) is 24.4 Å². The minimum absolute atomic E-state index is 0.0821. The van der Waals surface area contributed by atoms with Crippen molar-refractivity contribution in [3.63, 3.8) is 0 Å². The van der Waals surface area contributed by atoms with Crippen LogP contribution in [0.1, 0.15) is 172 Å². The van der Waals surface area contributed by atoms with Crippen molar-refractivity contribution in [3.05, 3.63) is 11.6 Å². The summed E-state index contributed by atoms with van der Waals surface area (Å²) in [5.41, 5.74) is 1.27. The zero-order chi connectivity index (χ0) is 42.7. The predicted octanol–water partition coefficient (Wildman–Crippen LogP) is 11.3. The Bertz CT molecular complexity index is 1350. The van der Waals surface area contributed by atoms with Crippen LogP contribution in [-0.2, 0) is 18.9 Å².